The van der Waals surface area contributed by atoms with E-state index < -0.39 is 31.3 Å². The van der Waals surface area contributed by atoms with Gasteiger partial charge in [0.1, 0.15) is 0 Å². The number of nitrogens with zero attached hydrogens (tertiary/aromatic N) is 2. The van der Waals surface area contributed by atoms with Crippen LogP contribution in [0, 0.1) is 0 Å². The SMILES string of the molecule is O=P(O)(O)OP1(=O)ON2CCN3OP(=O)(O3)OP(=O)(O2)O1. The molecule has 0 radical (unpaired) electrons. The third-order valence-corrected chi connectivity index (χ3v) is 8.22. The van der Waals surface area contributed by atoms with Crippen LogP contribution in [0.25, 0.3) is 0 Å². The van der Waals surface area contributed by atoms with Gasteiger partial charge in [0.15, 0.2) is 0 Å². The van der Waals surface area contributed by atoms with Gasteiger partial charge in [0.25, 0.3) is 0 Å². The minimum absolute atomic E-state index is 0.205. The van der Waals surface area contributed by atoms with Crippen molar-refractivity contribution in [1.29, 1.82) is 0 Å². The van der Waals surface area contributed by atoms with Crippen molar-refractivity contribution >= 4 is 31.3 Å². The molecule has 0 amide bonds. The third kappa shape index (κ3) is 3.70. The van der Waals surface area contributed by atoms with Crippen molar-refractivity contribution in [3.05, 3.63) is 0 Å². The summed E-state index contributed by atoms with van der Waals surface area (Å²) in [5, 5.41) is 0.928. The Bertz CT molecular complexity index is 628. The molecule has 19 heteroatoms. The first-order chi connectivity index (χ1) is 9.49. The Morgan fingerprint density at radius 3 is 2.00 bits per heavy atom. The van der Waals surface area contributed by atoms with Crippen LogP contribution in [0.3, 0.4) is 0 Å². The molecule has 0 saturated carbocycles. The van der Waals surface area contributed by atoms with Gasteiger partial charge >= 0.3 is 31.3 Å². The van der Waals surface area contributed by atoms with Gasteiger partial charge in [-0.3, -0.25) is 0 Å². The zero-order valence-electron chi connectivity index (χ0n) is 9.48. The van der Waals surface area contributed by atoms with Crippen LogP contribution >= 0.6 is 31.3 Å². The van der Waals surface area contributed by atoms with E-state index in [2.05, 4.69) is 31.4 Å². The predicted molar refractivity (Wildman–Crippen MR) is 55.9 cm³/mol. The maximum Gasteiger partial charge on any atom is 0.521 e. The second-order valence-electron chi connectivity index (χ2n) is 3.52. The van der Waals surface area contributed by atoms with Crippen molar-refractivity contribution in [3.8, 4) is 0 Å². The smallest absolute Gasteiger partial charge is 0.302 e. The summed E-state index contributed by atoms with van der Waals surface area (Å²) >= 11 is 0. The minimum atomic E-state index is -5.34. The standard InChI is InChI=1S/C2H6N2O13P4/c5-18(6,7)15-20(9)13-4-2-1-3-11-19(8,12-3)16-21(10,14-4)17-20/h1-2H2,(H2,5,6,7). The summed E-state index contributed by atoms with van der Waals surface area (Å²) in [6, 6.07) is 0. The van der Waals surface area contributed by atoms with Crippen molar-refractivity contribution in [2.75, 3.05) is 13.1 Å². The summed E-state index contributed by atoms with van der Waals surface area (Å²) in [5.41, 5.74) is 0. The van der Waals surface area contributed by atoms with Gasteiger partial charge in [-0.2, -0.15) is 31.4 Å². The van der Waals surface area contributed by atoms with E-state index in [4.69, 9.17) is 9.79 Å². The van der Waals surface area contributed by atoms with Crippen LogP contribution in [0.1, 0.15) is 0 Å². The van der Waals surface area contributed by atoms with Crippen molar-refractivity contribution in [3.63, 3.8) is 0 Å². The van der Waals surface area contributed by atoms with Crippen LogP contribution in [0.2, 0.25) is 0 Å². The number of hydrogen-bond donors (Lipinski definition) is 2. The fourth-order valence-corrected chi connectivity index (χ4v) is 7.13. The lowest BCUT2D eigenvalue weighted by molar-refractivity contribution is -0.355. The molecule has 3 atom stereocenters. The molecule has 21 heavy (non-hydrogen) atoms. The maximum absolute atomic E-state index is 12.1. The molecule has 4 saturated heterocycles. The van der Waals surface area contributed by atoms with Gasteiger partial charge in [0.2, 0.25) is 0 Å². The molecule has 4 heterocycles. The number of phosphoric acid groups is 4. The van der Waals surface area contributed by atoms with Gasteiger partial charge in [-0.15, -0.1) is 0 Å². The Morgan fingerprint density at radius 2 is 1.43 bits per heavy atom. The third-order valence-electron chi connectivity index (χ3n) is 1.84. The average Bonchev–Trinajstić information content (AvgIpc) is 2.22. The molecule has 0 aromatic heterocycles. The summed E-state index contributed by atoms with van der Waals surface area (Å²) in [7, 11) is -19.7. The lowest BCUT2D eigenvalue weighted by Gasteiger charge is -2.33. The summed E-state index contributed by atoms with van der Waals surface area (Å²) in [5.74, 6) is 0. The van der Waals surface area contributed by atoms with Gasteiger partial charge in [0.05, 0.1) is 13.1 Å². The number of hydrogen-bond acceptors (Lipinski definition) is 13. The highest BCUT2D eigenvalue weighted by molar-refractivity contribution is 7.70. The Hall–Kier alpha value is 0.480. The van der Waals surface area contributed by atoms with Crippen LogP contribution < -0.4 is 0 Å². The molecule has 15 nitrogen and oxygen atoms in total. The Balaban J connectivity index is 1.90. The lowest BCUT2D eigenvalue weighted by Crippen LogP contribution is -2.37. The Kier molecular flexibility index (Phi) is 3.88. The zero-order chi connectivity index (χ0) is 15.5. The van der Waals surface area contributed by atoms with E-state index in [0.717, 1.165) is 0 Å². The maximum atomic E-state index is 12.1. The monoisotopic (exact) mass is 390 g/mol. The van der Waals surface area contributed by atoms with E-state index in [0.29, 0.717) is 5.23 Å². The molecular weight excluding hydrogens is 384 g/mol. The molecule has 4 aliphatic heterocycles. The van der Waals surface area contributed by atoms with Gasteiger partial charge in [-0.1, -0.05) is 0 Å². The fraction of sp³-hybridized carbons (Fsp3) is 1.00. The first-order valence-electron chi connectivity index (χ1n) is 4.82. The molecule has 0 aromatic rings. The molecule has 4 bridgehead atoms. The van der Waals surface area contributed by atoms with Gasteiger partial charge in [0, 0.05) is 0 Å². The zero-order valence-corrected chi connectivity index (χ0v) is 13.1. The largest absolute Gasteiger partial charge is 0.521 e. The Labute approximate surface area is 115 Å². The van der Waals surface area contributed by atoms with E-state index in [9.17, 15) is 18.3 Å². The first-order valence-corrected chi connectivity index (χ1v) is 10.7. The summed E-state index contributed by atoms with van der Waals surface area (Å²) < 4.78 is 76.8. The molecule has 2 N–H and O–H groups in total. The summed E-state index contributed by atoms with van der Waals surface area (Å²) in [4.78, 5) is 17.3. The van der Waals surface area contributed by atoms with Gasteiger partial charge in [-0.25, -0.2) is 18.3 Å². The van der Waals surface area contributed by atoms with Crippen molar-refractivity contribution < 1.29 is 59.5 Å². The second-order valence-corrected chi connectivity index (χ2v) is 9.79. The van der Waals surface area contributed by atoms with Crippen molar-refractivity contribution in [2.45, 2.75) is 0 Å². The van der Waals surface area contributed by atoms with Crippen molar-refractivity contribution in [2.24, 2.45) is 0 Å². The molecule has 0 spiro atoms. The van der Waals surface area contributed by atoms with Gasteiger partial charge < -0.3 is 9.79 Å². The molecule has 4 rings (SSSR count). The van der Waals surface area contributed by atoms with E-state index >= 15 is 0 Å². The molecule has 4 aliphatic rings. The topological polar surface area (TPSA) is 180 Å². The minimum Gasteiger partial charge on any atom is -0.302 e. The highest BCUT2D eigenvalue weighted by Crippen LogP contribution is 2.80. The predicted octanol–water partition coefficient (Wildman–Crippen LogP) is 0.824. The number of rotatable bonds is 2. The summed E-state index contributed by atoms with van der Waals surface area (Å²) in [6.45, 7) is -0.575. The quantitative estimate of drug-likeness (QED) is 0.632. The Morgan fingerprint density at radius 1 is 0.905 bits per heavy atom. The average molecular weight is 390 g/mol. The molecule has 0 aliphatic carbocycles. The van der Waals surface area contributed by atoms with E-state index in [-0.39, 0.29) is 18.3 Å². The summed E-state index contributed by atoms with van der Waals surface area (Å²) in [6.07, 6.45) is 0. The highest BCUT2D eigenvalue weighted by atomic mass is 31.3. The number of hydroxylamine groups is 4. The van der Waals surface area contributed by atoms with Crippen LogP contribution in [0.15, 0.2) is 0 Å². The van der Waals surface area contributed by atoms with Crippen LogP contribution in [-0.2, 0) is 49.7 Å². The molecule has 0 aromatic carbocycles. The van der Waals surface area contributed by atoms with Crippen LogP contribution in [0.4, 0.5) is 0 Å². The molecule has 3 unspecified atom stereocenters. The second kappa shape index (κ2) is 4.99. The van der Waals surface area contributed by atoms with Gasteiger partial charge in [-0.05, 0) is 10.5 Å². The molecular formula is C2H6N2O13P4. The van der Waals surface area contributed by atoms with Crippen LogP contribution in [0.5, 0.6) is 0 Å². The highest BCUT2D eigenvalue weighted by Gasteiger charge is 2.60. The van der Waals surface area contributed by atoms with Crippen molar-refractivity contribution in [1.82, 2.24) is 10.5 Å². The number of fused-ring (bicyclic) bond motifs is 1. The van der Waals surface area contributed by atoms with E-state index in [1.807, 2.05) is 0 Å². The fourth-order valence-electron chi connectivity index (χ4n) is 1.29. The normalized spacial score (nSPS) is 50.4. The first kappa shape index (κ1) is 16.3. The molecule has 4 fully saturated rings. The molecule has 122 valence electrons. The van der Waals surface area contributed by atoms with E-state index in [1.54, 1.807) is 0 Å². The lowest BCUT2D eigenvalue weighted by atomic mass is 10.7. The van der Waals surface area contributed by atoms with E-state index in [1.165, 1.54) is 0 Å². The van der Waals surface area contributed by atoms with Crippen LogP contribution in [-0.4, -0.2) is 33.3 Å².